The summed E-state index contributed by atoms with van der Waals surface area (Å²) in [5, 5.41) is 11.3. The van der Waals surface area contributed by atoms with Gasteiger partial charge in [0.25, 0.3) is 0 Å². The molecule has 154 valence electrons. The molecule has 0 spiro atoms. The van der Waals surface area contributed by atoms with Crippen LogP contribution in [0.2, 0.25) is 0 Å². The van der Waals surface area contributed by atoms with Crippen molar-refractivity contribution >= 4 is 5.97 Å². The molecule has 1 N–H and O–H groups in total. The Bertz CT molecular complexity index is 845. The van der Waals surface area contributed by atoms with Crippen molar-refractivity contribution in [3.05, 3.63) is 71.8 Å². The molecule has 0 aromatic heterocycles. The summed E-state index contributed by atoms with van der Waals surface area (Å²) < 4.78 is 5.80. The fourth-order valence-corrected chi connectivity index (χ4v) is 5.21. The molecule has 2 aromatic rings. The second-order valence-electron chi connectivity index (χ2n) is 9.41. The van der Waals surface area contributed by atoms with Crippen molar-refractivity contribution in [2.75, 3.05) is 0 Å². The van der Waals surface area contributed by atoms with E-state index in [-0.39, 0.29) is 17.9 Å². The topological polar surface area (TPSA) is 49.8 Å². The van der Waals surface area contributed by atoms with Crippen LogP contribution in [0, 0.1) is 5.92 Å². The Labute approximate surface area is 173 Å². The second-order valence-corrected chi connectivity index (χ2v) is 9.41. The van der Waals surface area contributed by atoms with Crippen molar-refractivity contribution < 1.29 is 14.6 Å². The van der Waals surface area contributed by atoms with E-state index < -0.39 is 17.2 Å². The van der Waals surface area contributed by atoms with Crippen molar-refractivity contribution in [1.29, 1.82) is 0 Å². The van der Waals surface area contributed by atoms with Crippen LogP contribution < -0.4 is 0 Å². The zero-order valence-corrected chi connectivity index (χ0v) is 17.5. The molecule has 4 atom stereocenters. The Morgan fingerprint density at radius 3 is 2.31 bits per heavy atom. The van der Waals surface area contributed by atoms with Crippen LogP contribution in [0.5, 0.6) is 0 Å². The standard InChI is InChI=1S/C25H31NO3/c1-24(2,3)29-23(28)20-16-25(19-12-8-5-9-13-19)22(27)15-14-21(20)26(25)17-18-10-6-4-7-11-18/h4-13,20-22,27H,14-17H2,1-3H3/t20-,21+,22+,25?/m0/s1. The van der Waals surface area contributed by atoms with Gasteiger partial charge in [-0.05, 0) is 51.2 Å². The third kappa shape index (κ3) is 3.72. The van der Waals surface area contributed by atoms with Crippen LogP contribution in [0.1, 0.15) is 51.2 Å². The molecule has 29 heavy (non-hydrogen) atoms. The zero-order chi connectivity index (χ0) is 20.6. The van der Waals surface area contributed by atoms with E-state index >= 15 is 0 Å². The Kier molecular flexibility index (Phi) is 5.26. The van der Waals surface area contributed by atoms with Crippen LogP contribution in [0.4, 0.5) is 0 Å². The number of aliphatic hydroxyl groups is 1. The SMILES string of the molecule is CC(C)(C)OC(=O)[C@H]1CC2(c3ccccc3)[C@H](O)CC[C@H]1N2Cc1ccccc1. The van der Waals surface area contributed by atoms with Gasteiger partial charge in [0.2, 0.25) is 0 Å². The summed E-state index contributed by atoms with van der Waals surface area (Å²) in [5.41, 5.74) is 1.19. The quantitative estimate of drug-likeness (QED) is 0.788. The highest BCUT2D eigenvalue weighted by Gasteiger charge is 2.61. The van der Waals surface area contributed by atoms with Crippen molar-refractivity contribution in [2.24, 2.45) is 5.92 Å². The summed E-state index contributed by atoms with van der Waals surface area (Å²) in [5.74, 6) is -0.386. The first kappa shape index (κ1) is 20.1. The number of nitrogens with zero attached hydrogens (tertiary/aromatic N) is 1. The Morgan fingerprint density at radius 1 is 1.07 bits per heavy atom. The molecule has 2 aromatic carbocycles. The molecule has 2 aliphatic heterocycles. The third-order valence-corrected chi connectivity index (χ3v) is 6.37. The fraction of sp³-hybridized carbons (Fsp3) is 0.480. The molecular weight excluding hydrogens is 362 g/mol. The van der Waals surface area contributed by atoms with Gasteiger partial charge in [-0.15, -0.1) is 0 Å². The lowest BCUT2D eigenvalue weighted by atomic mass is 9.78. The number of fused-ring (bicyclic) bond motifs is 2. The minimum Gasteiger partial charge on any atom is -0.460 e. The molecule has 4 nitrogen and oxygen atoms in total. The average molecular weight is 394 g/mol. The first-order valence-electron chi connectivity index (χ1n) is 10.6. The summed E-state index contributed by atoms with van der Waals surface area (Å²) in [4.78, 5) is 15.5. The fourth-order valence-electron chi connectivity index (χ4n) is 5.21. The molecule has 2 bridgehead atoms. The Morgan fingerprint density at radius 2 is 1.69 bits per heavy atom. The first-order valence-corrected chi connectivity index (χ1v) is 10.6. The van der Waals surface area contributed by atoms with E-state index in [1.54, 1.807) is 0 Å². The third-order valence-electron chi connectivity index (χ3n) is 6.37. The van der Waals surface area contributed by atoms with Gasteiger partial charge in [-0.2, -0.15) is 0 Å². The van der Waals surface area contributed by atoms with Gasteiger partial charge < -0.3 is 9.84 Å². The maximum Gasteiger partial charge on any atom is 0.311 e. The van der Waals surface area contributed by atoms with Gasteiger partial charge >= 0.3 is 5.97 Å². The van der Waals surface area contributed by atoms with Gasteiger partial charge in [0, 0.05) is 12.6 Å². The normalized spacial score (nSPS) is 29.6. The lowest BCUT2D eigenvalue weighted by Crippen LogP contribution is -2.55. The number of hydrogen-bond acceptors (Lipinski definition) is 4. The Hall–Kier alpha value is -2.17. The Balaban J connectivity index is 1.76. The predicted octanol–water partition coefficient (Wildman–Crippen LogP) is 4.27. The van der Waals surface area contributed by atoms with E-state index in [4.69, 9.17) is 4.74 Å². The number of hydrogen-bond donors (Lipinski definition) is 1. The number of benzene rings is 2. The largest absolute Gasteiger partial charge is 0.460 e. The van der Waals surface area contributed by atoms with Crippen LogP contribution in [0.3, 0.4) is 0 Å². The molecule has 4 heteroatoms. The summed E-state index contributed by atoms with van der Waals surface area (Å²) in [6.45, 7) is 6.44. The second kappa shape index (κ2) is 7.58. The predicted molar refractivity (Wildman–Crippen MR) is 113 cm³/mol. The highest BCUT2D eigenvalue weighted by Crippen LogP contribution is 2.54. The van der Waals surface area contributed by atoms with Gasteiger partial charge in [0.15, 0.2) is 0 Å². The summed E-state index contributed by atoms with van der Waals surface area (Å²) in [6.07, 6.45) is 1.57. The van der Waals surface area contributed by atoms with Gasteiger partial charge in [0.1, 0.15) is 5.60 Å². The molecule has 0 saturated carbocycles. The molecule has 2 saturated heterocycles. The first-order chi connectivity index (χ1) is 13.8. The van der Waals surface area contributed by atoms with Crippen LogP contribution in [0.15, 0.2) is 60.7 Å². The number of esters is 1. The van der Waals surface area contributed by atoms with E-state index in [9.17, 15) is 9.90 Å². The van der Waals surface area contributed by atoms with Crippen LogP contribution in [0.25, 0.3) is 0 Å². The minimum atomic E-state index is -0.568. The highest BCUT2D eigenvalue weighted by atomic mass is 16.6. The molecule has 2 fully saturated rings. The number of rotatable bonds is 4. The number of piperidine rings is 1. The van der Waals surface area contributed by atoms with Crippen LogP contribution in [-0.2, 0) is 21.6 Å². The monoisotopic (exact) mass is 393 g/mol. The summed E-state index contributed by atoms with van der Waals surface area (Å²) in [6, 6.07) is 20.6. The average Bonchev–Trinajstić information content (AvgIpc) is 2.92. The molecule has 4 rings (SSSR count). The lowest BCUT2D eigenvalue weighted by molar-refractivity contribution is -0.161. The smallest absolute Gasteiger partial charge is 0.311 e. The number of carbonyl (C=O) groups excluding carboxylic acids is 1. The van der Waals surface area contributed by atoms with E-state index in [1.165, 1.54) is 5.56 Å². The van der Waals surface area contributed by atoms with Gasteiger partial charge in [-0.1, -0.05) is 60.7 Å². The van der Waals surface area contributed by atoms with Crippen LogP contribution >= 0.6 is 0 Å². The van der Waals surface area contributed by atoms with E-state index in [1.807, 2.05) is 57.2 Å². The molecule has 2 heterocycles. The van der Waals surface area contributed by atoms with E-state index in [0.29, 0.717) is 19.4 Å². The molecule has 0 aliphatic carbocycles. The van der Waals surface area contributed by atoms with Crippen LogP contribution in [-0.4, -0.2) is 33.7 Å². The van der Waals surface area contributed by atoms with Crippen molar-refractivity contribution in [1.82, 2.24) is 4.90 Å². The highest BCUT2D eigenvalue weighted by molar-refractivity contribution is 5.75. The lowest BCUT2D eigenvalue weighted by Gasteiger charge is -2.48. The minimum absolute atomic E-state index is 0.0636. The molecular formula is C25H31NO3. The van der Waals surface area contributed by atoms with Crippen molar-refractivity contribution in [2.45, 2.75) is 69.9 Å². The number of carbonyl (C=O) groups is 1. The number of aliphatic hydroxyl groups excluding tert-OH is 1. The molecule has 0 radical (unpaired) electrons. The molecule has 2 aliphatic rings. The number of ether oxygens (including phenoxy) is 1. The maximum atomic E-state index is 13.2. The zero-order valence-electron chi connectivity index (χ0n) is 17.5. The summed E-state index contributed by atoms with van der Waals surface area (Å²) in [7, 11) is 0. The van der Waals surface area contributed by atoms with Crippen molar-refractivity contribution in [3.63, 3.8) is 0 Å². The molecule has 1 unspecified atom stereocenters. The van der Waals surface area contributed by atoms with E-state index in [2.05, 4.69) is 29.2 Å². The summed E-state index contributed by atoms with van der Waals surface area (Å²) >= 11 is 0. The van der Waals surface area contributed by atoms with Gasteiger partial charge in [-0.25, -0.2) is 0 Å². The van der Waals surface area contributed by atoms with E-state index in [0.717, 1.165) is 12.0 Å². The van der Waals surface area contributed by atoms with Gasteiger partial charge in [-0.3, -0.25) is 9.69 Å². The molecule has 0 amide bonds. The maximum absolute atomic E-state index is 13.2. The van der Waals surface area contributed by atoms with Gasteiger partial charge in [0.05, 0.1) is 17.6 Å². The van der Waals surface area contributed by atoms with Crippen molar-refractivity contribution in [3.8, 4) is 0 Å².